The largest absolute Gasteiger partial charge is 0.481 e. The summed E-state index contributed by atoms with van der Waals surface area (Å²) >= 11 is 0. The number of anilines is 2. The Morgan fingerprint density at radius 1 is 1.06 bits per heavy atom. The number of carboxylic acid groups (broad SMARTS) is 1. The van der Waals surface area contributed by atoms with Crippen molar-refractivity contribution in [1.82, 2.24) is 24.8 Å². The SMILES string of the molecule is O=C(O)CCC(=O)N[C@@H]1C[C@H](n2cnc3c(Nc4ccccc4)ncnc32)[C@H](O)[C@@H]1O. The Balaban J connectivity index is 1.54. The molecule has 1 amide bonds. The smallest absolute Gasteiger partial charge is 0.303 e. The Labute approximate surface area is 176 Å². The molecule has 1 fully saturated rings. The minimum atomic E-state index is -1.21. The van der Waals surface area contributed by atoms with Crippen LogP contribution in [0.4, 0.5) is 11.5 Å². The highest BCUT2D eigenvalue weighted by Crippen LogP contribution is 2.34. The Bertz CT molecular complexity index is 1090. The van der Waals surface area contributed by atoms with Gasteiger partial charge in [0.1, 0.15) is 18.5 Å². The van der Waals surface area contributed by atoms with E-state index in [2.05, 4.69) is 25.6 Å². The normalized spacial score (nSPS) is 23.0. The number of nitrogens with zero attached hydrogens (tertiary/aromatic N) is 4. The van der Waals surface area contributed by atoms with Gasteiger partial charge in [-0.1, -0.05) is 18.2 Å². The highest BCUT2D eigenvalue weighted by molar-refractivity contribution is 5.85. The van der Waals surface area contributed by atoms with E-state index in [9.17, 15) is 19.8 Å². The van der Waals surface area contributed by atoms with Crippen molar-refractivity contribution in [2.24, 2.45) is 0 Å². The van der Waals surface area contributed by atoms with Gasteiger partial charge in [-0.3, -0.25) is 9.59 Å². The van der Waals surface area contributed by atoms with Gasteiger partial charge in [-0.05, 0) is 18.6 Å². The molecule has 1 aliphatic carbocycles. The number of hydrogen-bond donors (Lipinski definition) is 5. The van der Waals surface area contributed by atoms with Crippen LogP contribution in [0, 0.1) is 0 Å². The molecule has 0 saturated heterocycles. The third kappa shape index (κ3) is 4.32. The number of carboxylic acids is 1. The van der Waals surface area contributed by atoms with Crippen LogP contribution < -0.4 is 10.6 Å². The van der Waals surface area contributed by atoms with Crippen molar-refractivity contribution in [3.8, 4) is 0 Å². The van der Waals surface area contributed by atoms with Crippen LogP contribution >= 0.6 is 0 Å². The van der Waals surface area contributed by atoms with Gasteiger partial charge in [0.2, 0.25) is 5.91 Å². The zero-order chi connectivity index (χ0) is 22.0. The van der Waals surface area contributed by atoms with Gasteiger partial charge in [-0.2, -0.15) is 0 Å². The summed E-state index contributed by atoms with van der Waals surface area (Å²) in [5.74, 6) is -1.07. The number of aliphatic hydroxyl groups is 2. The first-order valence-electron chi connectivity index (χ1n) is 9.81. The highest BCUT2D eigenvalue weighted by Gasteiger charge is 2.43. The molecule has 31 heavy (non-hydrogen) atoms. The second kappa shape index (κ2) is 8.66. The zero-order valence-corrected chi connectivity index (χ0v) is 16.4. The lowest BCUT2D eigenvalue weighted by molar-refractivity contribution is -0.139. The van der Waals surface area contributed by atoms with Gasteiger partial charge < -0.3 is 30.5 Å². The van der Waals surface area contributed by atoms with Crippen LogP contribution in [0.3, 0.4) is 0 Å². The molecule has 1 aliphatic rings. The first kappa shape index (κ1) is 20.7. The summed E-state index contributed by atoms with van der Waals surface area (Å²) in [5.41, 5.74) is 1.81. The van der Waals surface area contributed by atoms with Gasteiger partial charge in [0.05, 0.1) is 24.8 Å². The van der Waals surface area contributed by atoms with E-state index in [0.717, 1.165) is 5.69 Å². The maximum absolute atomic E-state index is 12.0. The summed E-state index contributed by atoms with van der Waals surface area (Å²) in [6.45, 7) is 0. The molecule has 0 spiro atoms. The number of amides is 1. The molecule has 0 aliphatic heterocycles. The summed E-state index contributed by atoms with van der Waals surface area (Å²) in [4.78, 5) is 35.5. The standard InChI is InChI=1S/C20H22N6O5/c27-14(6-7-15(28)29)25-12-8-13(18(31)17(12)30)26-10-23-16-19(21-9-22-20(16)26)24-11-4-2-1-3-5-11/h1-5,9-10,12-13,17-18,30-31H,6-8H2,(H,25,27)(H,28,29)(H,21,22,24)/t12-,13+,17-,18+/m1/s1. The molecular formula is C20H22N6O5. The fourth-order valence-corrected chi connectivity index (χ4v) is 3.77. The van der Waals surface area contributed by atoms with Gasteiger partial charge in [0, 0.05) is 12.1 Å². The van der Waals surface area contributed by atoms with Crippen LogP contribution in [0.2, 0.25) is 0 Å². The number of fused-ring (bicyclic) bond motifs is 1. The molecule has 11 nitrogen and oxygen atoms in total. The second-order valence-corrected chi connectivity index (χ2v) is 7.39. The quantitative estimate of drug-likeness (QED) is 0.364. The topological polar surface area (TPSA) is 162 Å². The lowest BCUT2D eigenvalue weighted by Crippen LogP contribution is -2.43. The Kier molecular flexibility index (Phi) is 5.78. The third-order valence-electron chi connectivity index (χ3n) is 5.32. The number of rotatable bonds is 7. The second-order valence-electron chi connectivity index (χ2n) is 7.39. The van der Waals surface area contributed by atoms with Crippen molar-refractivity contribution in [3.63, 3.8) is 0 Å². The first-order valence-corrected chi connectivity index (χ1v) is 9.81. The number of para-hydroxylation sites is 1. The number of carbonyl (C=O) groups excluding carboxylic acids is 1. The molecule has 2 heterocycles. The van der Waals surface area contributed by atoms with Crippen LogP contribution in [-0.2, 0) is 9.59 Å². The summed E-state index contributed by atoms with van der Waals surface area (Å²) in [7, 11) is 0. The van der Waals surface area contributed by atoms with Gasteiger partial charge in [0.25, 0.3) is 0 Å². The summed E-state index contributed by atoms with van der Waals surface area (Å²) in [5, 5.41) is 35.5. The predicted molar refractivity (Wildman–Crippen MR) is 110 cm³/mol. The molecule has 0 unspecified atom stereocenters. The van der Waals surface area contributed by atoms with Gasteiger partial charge in [-0.25, -0.2) is 15.0 Å². The Morgan fingerprint density at radius 3 is 2.58 bits per heavy atom. The van der Waals surface area contributed by atoms with E-state index in [-0.39, 0.29) is 19.3 Å². The summed E-state index contributed by atoms with van der Waals surface area (Å²) < 4.78 is 1.66. The fraction of sp³-hybridized carbons (Fsp3) is 0.350. The van der Waals surface area contributed by atoms with Crippen LogP contribution in [-0.4, -0.2) is 65.0 Å². The molecule has 4 rings (SSSR count). The molecule has 5 N–H and O–H groups in total. The van der Waals surface area contributed by atoms with Crippen molar-refractivity contribution in [2.45, 2.75) is 43.6 Å². The lowest BCUT2D eigenvalue weighted by atomic mass is 10.2. The van der Waals surface area contributed by atoms with Crippen LogP contribution in [0.15, 0.2) is 43.0 Å². The third-order valence-corrected chi connectivity index (χ3v) is 5.32. The molecule has 0 radical (unpaired) electrons. The number of nitrogens with one attached hydrogen (secondary N) is 2. The number of aliphatic carboxylic acids is 1. The minimum Gasteiger partial charge on any atom is -0.481 e. The fourth-order valence-electron chi connectivity index (χ4n) is 3.77. The average Bonchev–Trinajstić information content (AvgIpc) is 3.30. The van der Waals surface area contributed by atoms with Crippen molar-refractivity contribution >= 4 is 34.5 Å². The van der Waals surface area contributed by atoms with Crippen molar-refractivity contribution in [3.05, 3.63) is 43.0 Å². The van der Waals surface area contributed by atoms with E-state index in [4.69, 9.17) is 5.11 Å². The molecule has 1 aromatic carbocycles. The Morgan fingerprint density at radius 2 is 1.84 bits per heavy atom. The highest BCUT2D eigenvalue weighted by atomic mass is 16.4. The maximum Gasteiger partial charge on any atom is 0.303 e. The molecule has 11 heteroatoms. The van der Waals surface area contributed by atoms with E-state index in [0.29, 0.717) is 17.0 Å². The van der Waals surface area contributed by atoms with Gasteiger partial charge in [0.15, 0.2) is 17.0 Å². The number of aromatic nitrogens is 4. The van der Waals surface area contributed by atoms with Gasteiger partial charge in [-0.15, -0.1) is 0 Å². The average molecular weight is 426 g/mol. The molecule has 0 bridgehead atoms. The van der Waals surface area contributed by atoms with Crippen LogP contribution in [0.1, 0.15) is 25.3 Å². The van der Waals surface area contributed by atoms with E-state index in [1.54, 1.807) is 4.57 Å². The molecule has 4 atom stereocenters. The number of carbonyl (C=O) groups is 2. The monoisotopic (exact) mass is 426 g/mol. The molecular weight excluding hydrogens is 404 g/mol. The number of hydrogen-bond acceptors (Lipinski definition) is 8. The minimum absolute atomic E-state index is 0.199. The predicted octanol–water partition coefficient (Wildman–Crippen LogP) is 0.586. The van der Waals surface area contributed by atoms with Crippen LogP contribution in [0.5, 0.6) is 0 Å². The summed E-state index contributed by atoms with van der Waals surface area (Å²) in [6, 6.07) is 8.16. The molecule has 2 aromatic heterocycles. The number of imidazole rings is 1. The van der Waals surface area contributed by atoms with E-state index in [1.165, 1.54) is 12.7 Å². The van der Waals surface area contributed by atoms with E-state index < -0.39 is 36.2 Å². The Hall–Kier alpha value is -3.57. The molecule has 162 valence electrons. The van der Waals surface area contributed by atoms with Crippen LogP contribution in [0.25, 0.3) is 11.2 Å². The molecule has 3 aromatic rings. The van der Waals surface area contributed by atoms with Crippen molar-refractivity contribution in [1.29, 1.82) is 0 Å². The lowest BCUT2D eigenvalue weighted by Gasteiger charge is -2.18. The zero-order valence-electron chi connectivity index (χ0n) is 16.4. The summed E-state index contributed by atoms with van der Waals surface area (Å²) in [6.07, 6.45) is 0.260. The first-order chi connectivity index (χ1) is 14.9. The maximum atomic E-state index is 12.0. The van der Waals surface area contributed by atoms with Crippen molar-refractivity contribution < 1.29 is 24.9 Å². The van der Waals surface area contributed by atoms with Gasteiger partial charge >= 0.3 is 5.97 Å². The number of aliphatic hydroxyl groups excluding tert-OH is 2. The molecule has 1 saturated carbocycles. The van der Waals surface area contributed by atoms with E-state index in [1.807, 2.05) is 30.3 Å². The van der Waals surface area contributed by atoms with E-state index >= 15 is 0 Å². The van der Waals surface area contributed by atoms with Crippen molar-refractivity contribution in [2.75, 3.05) is 5.32 Å². The number of benzene rings is 1.